The molecular formula is C27H34BrFN10O2. The smallest absolute Gasteiger partial charge is 0.320 e. The van der Waals surface area contributed by atoms with Crippen LogP contribution in [0, 0.1) is 0 Å². The molecule has 7 heterocycles. The third kappa shape index (κ3) is 4.20. The Labute approximate surface area is 245 Å². The van der Waals surface area contributed by atoms with Crippen molar-refractivity contribution in [3.63, 3.8) is 0 Å². The zero-order valence-corrected chi connectivity index (χ0v) is 25.4. The molecule has 3 aliphatic heterocycles. The first-order valence-electron chi connectivity index (χ1n) is 14.1. The van der Waals surface area contributed by atoms with Crippen molar-refractivity contribution in [1.29, 1.82) is 0 Å². The molecule has 0 N–H and O–H groups in total. The number of anilines is 1. The van der Waals surface area contributed by atoms with Gasteiger partial charge in [-0.3, -0.25) is 19.1 Å². The minimum atomic E-state index is -0.827. The molecule has 218 valence electrons. The minimum Gasteiger partial charge on any atom is -0.461 e. The van der Waals surface area contributed by atoms with Gasteiger partial charge in [0.15, 0.2) is 15.9 Å². The Morgan fingerprint density at radius 3 is 2.80 bits per heavy atom. The lowest BCUT2D eigenvalue weighted by atomic mass is 9.95. The molecule has 1 amide bonds. The van der Waals surface area contributed by atoms with Crippen molar-refractivity contribution >= 4 is 49.7 Å². The third-order valence-corrected chi connectivity index (χ3v) is 9.43. The van der Waals surface area contributed by atoms with Crippen LogP contribution in [0.4, 0.5) is 10.2 Å². The van der Waals surface area contributed by atoms with E-state index in [0.717, 1.165) is 70.5 Å². The van der Waals surface area contributed by atoms with E-state index in [0.29, 0.717) is 38.4 Å². The molecule has 14 heteroatoms. The summed E-state index contributed by atoms with van der Waals surface area (Å²) in [6.45, 7) is 3.69. The van der Waals surface area contributed by atoms with E-state index in [-0.39, 0.29) is 17.5 Å². The van der Waals surface area contributed by atoms with Crippen LogP contribution in [0.15, 0.2) is 10.7 Å². The van der Waals surface area contributed by atoms with Gasteiger partial charge in [0.2, 0.25) is 0 Å². The maximum atomic E-state index is 14.4. The predicted octanol–water partition coefficient (Wildman–Crippen LogP) is 2.88. The Hall–Kier alpha value is -3.26. The van der Waals surface area contributed by atoms with Gasteiger partial charge >= 0.3 is 6.01 Å². The van der Waals surface area contributed by atoms with Crippen molar-refractivity contribution in [3.05, 3.63) is 22.1 Å². The molecule has 2 fully saturated rings. The van der Waals surface area contributed by atoms with Gasteiger partial charge in [0.25, 0.3) is 5.91 Å². The number of carbonyl (C=O) groups is 1. The van der Waals surface area contributed by atoms with E-state index in [9.17, 15) is 9.18 Å². The van der Waals surface area contributed by atoms with Crippen LogP contribution < -0.4 is 9.64 Å². The molecule has 0 bridgehead atoms. The molecule has 0 spiro atoms. The number of alkyl halides is 1. The van der Waals surface area contributed by atoms with Gasteiger partial charge in [0.1, 0.15) is 29.6 Å². The minimum absolute atomic E-state index is 0.121. The molecular weight excluding hydrogens is 595 g/mol. The first-order chi connectivity index (χ1) is 19.6. The number of hydrogen-bond acceptors (Lipinski definition) is 8. The summed E-state index contributed by atoms with van der Waals surface area (Å²) in [5, 5.41) is 10.1. The number of hydrogen-bond donors (Lipinski definition) is 0. The monoisotopic (exact) mass is 628 g/mol. The highest BCUT2D eigenvalue weighted by molar-refractivity contribution is 9.10. The van der Waals surface area contributed by atoms with E-state index < -0.39 is 6.17 Å². The van der Waals surface area contributed by atoms with E-state index >= 15 is 0 Å². The number of amides is 1. The van der Waals surface area contributed by atoms with Crippen LogP contribution in [0.3, 0.4) is 0 Å². The van der Waals surface area contributed by atoms with Crippen molar-refractivity contribution in [1.82, 2.24) is 43.9 Å². The quantitative estimate of drug-likeness (QED) is 0.332. The summed E-state index contributed by atoms with van der Waals surface area (Å²) >= 11 is 3.62. The average molecular weight is 630 g/mol. The Bertz CT molecular complexity index is 1680. The van der Waals surface area contributed by atoms with Crippen LogP contribution in [0.5, 0.6) is 6.01 Å². The molecule has 0 radical (unpaired) electrons. The highest BCUT2D eigenvalue weighted by Gasteiger charge is 2.49. The molecule has 3 aliphatic rings. The Morgan fingerprint density at radius 2 is 2.00 bits per heavy atom. The molecule has 0 unspecified atom stereocenters. The number of fused-ring (bicyclic) bond motifs is 5. The first kappa shape index (κ1) is 26.6. The lowest BCUT2D eigenvalue weighted by Gasteiger charge is -2.31. The van der Waals surface area contributed by atoms with E-state index in [4.69, 9.17) is 14.7 Å². The fourth-order valence-corrected chi connectivity index (χ4v) is 7.65. The lowest BCUT2D eigenvalue weighted by molar-refractivity contribution is 0.0821. The molecule has 0 aromatic carbocycles. The van der Waals surface area contributed by atoms with Gasteiger partial charge in [-0.15, -0.1) is 0 Å². The van der Waals surface area contributed by atoms with Gasteiger partial charge in [-0.25, -0.2) is 4.39 Å². The predicted molar refractivity (Wildman–Crippen MR) is 155 cm³/mol. The first-order valence-corrected chi connectivity index (χ1v) is 14.9. The van der Waals surface area contributed by atoms with Crippen molar-refractivity contribution in [2.45, 2.75) is 50.5 Å². The maximum absolute atomic E-state index is 14.4. The Balaban J connectivity index is 1.31. The Kier molecular flexibility index (Phi) is 6.27. The van der Waals surface area contributed by atoms with Gasteiger partial charge in [-0.05, 0) is 47.8 Å². The highest BCUT2D eigenvalue weighted by atomic mass is 79.9. The highest BCUT2D eigenvalue weighted by Crippen LogP contribution is 2.41. The molecule has 2 saturated heterocycles. The summed E-state index contributed by atoms with van der Waals surface area (Å²) in [4.78, 5) is 28.5. The van der Waals surface area contributed by atoms with Crippen LogP contribution in [0.2, 0.25) is 0 Å². The van der Waals surface area contributed by atoms with E-state index in [1.165, 1.54) is 0 Å². The number of rotatable bonds is 5. The van der Waals surface area contributed by atoms with Gasteiger partial charge in [-0.2, -0.15) is 20.2 Å². The normalized spacial score (nSPS) is 22.9. The number of aryl methyl sites for hydroxylation is 3. The summed E-state index contributed by atoms with van der Waals surface area (Å²) < 4.78 is 27.3. The molecule has 4 aromatic rings. The van der Waals surface area contributed by atoms with Gasteiger partial charge in [0, 0.05) is 54.2 Å². The second-order valence-electron chi connectivity index (χ2n) is 11.8. The molecule has 2 atom stereocenters. The van der Waals surface area contributed by atoms with E-state index in [1.54, 1.807) is 19.0 Å². The summed E-state index contributed by atoms with van der Waals surface area (Å²) in [5.41, 5.74) is 3.67. The van der Waals surface area contributed by atoms with Crippen molar-refractivity contribution < 1.29 is 13.9 Å². The Morgan fingerprint density at radius 1 is 1.17 bits per heavy atom. The standard InChI is InChI=1S/C27H34BrFN10O2/c1-34(2)25(40)18-11-17-14-37(8-6-10-39(17)32-18)24-19-20-21(22(28)33-36(20)4)35(3)23(19)30-26(31-24)41-15-27-7-5-9-38(27)13-16(29)12-27/h11,16H,5-10,12-15H2,1-4H3/t16-,27+/m1/s1. The van der Waals surface area contributed by atoms with Crippen LogP contribution in [-0.4, -0.2) is 102 Å². The molecule has 0 aliphatic carbocycles. The summed E-state index contributed by atoms with van der Waals surface area (Å²) in [6.07, 6.45) is 2.45. The number of aromatic nitrogens is 7. The van der Waals surface area contributed by atoms with Crippen LogP contribution in [0.1, 0.15) is 41.9 Å². The molecule has 41 heavy (non-hydrogen) atoms. The fraction of sp³-hybridized carbons (Fsp3) is 0.593. The van der Waals surface area contributed by atoms with E-state index in [1.807, 2.05) is 34.1 Å². The zero-order valence-electron chi connectivity index (χ0n) is 23.8. The van der Waals surface area contributed by atoms with Crippen molar-refractivity contribution in [2.75, 3.05) is 45.2 Å². The fourth-order valence-electron chi connectivity index (χ4n) is 6.95. The van der Waals surface area contributed by atoms with Crippen LogP contribution >= 0.6 is 15.9 Å². The summed E-state index contributed by atoms with van der Waals surface area (Å²) in [6, 6.07) is 2.16. The topological polar surface area (TPSA) is 102 Å². The average Bonchev–Trinajstić information content (AvgIpc) is 3.69. The third-order valence-electron chi connectivity index (χ3n) is 8.89. The summed E-state index contributed by atoms with van der Waals surface area (Å²) in [7, 11) is 7.35. The second-order valence-corrected chi connectivity index (χ2v) is 12.5. The second kappa shape index (κ2) is 9.65. The van der Waals surface area contributed by atoms with E-state index in [2.05, 4.69) is 35.9 Å². The maximum Gasteiger partial charge on any atom is 0.320 e. The van der Waals surface area contributed by atoms with Gasteiger partial charge in [-0.1, -0.05) is 0 Å². The SMILES string of the molecule is CN(C)C(=O)c1cc2n(n1)CCCN(c1nc(OC[C@@]34CCCN3C[C@H](F)C4)nc3c1c1c(c(Br)nn1C)n3C)C2. The summed E-state index contributed by atoms with van der Waals surface area (Å²) in [5.74, 6) is 0.626. The van der Waals surface area contributed by atoms with Gasteiger partial charge < -0.3 is 19.1 Å². The molecule has 7 rings (SSSR count). The van der Waals surface area contributed by atoms with Crippen LogP contribution in [0.25, 0.3) is 22.1 Å². The zero-order chi connectivity index (χ0) is 28.6. The molecule has 4 aromatic heterocycles. The molecule has 0 saturated carbocycles. The molecule has 12 nitrogen and oxygen atoms in total. The van der Waals surface area contributed by atoms with Gasteiger partial charge in [0.05, 0.1) is 23.2 Å². The lowest BCUT2D eigenvalue weighted by Crippen LogP contribution is -2.43. The number of nitrogens with zero attached hydrogens (tertiary/aromatic N) is 10. The van der Waals surface area contributed by atoms with Crippen molar-refractivity contribution in [3.8, 4) is 6.01 Å². The number of halogens is 2. The largest absolute Gasteiger partial charge is 0.461 e. The number of carbonyl (C=O) groups excluding carboxylic acids is 1. The van der Waals surface area contributed by atoms with Crippen molar-refractivity contribution in [2.24, 2.45) is 14.1 Å². The van der Waals surface area contributed by atoms with Crippen LogP contribution in [-0.2, 0) is 27.2 Å². The number of ether oxygens (including phenoxy) is 1.